The fourth-order valence-electron chi connectivity index (χ4n) is 3.12. The molecule has 112 valence electrons. The maximum atomic E-state index is 12.4. The lowest BCUT2D eigenvalue weighted by molar-refractivity contribution is -0.171. The maximum Gasteiger partial charge on any atom is 0.261 e. The quantitative estimate of drug-likeness (QED) is 0.822. The van der Waals surface area contributed by atoms with E-state index in [1.54, 1.807) is 12.1 Å². The molecule has 0 unspecified atom stereocenters. The number of ether oxygens (including phenoxy) is 1. The smallest absolute Gasteiger partial charge is 0.261 e. The Hall–Kier alpha value is -1.72. The summed E-state index contributed by atoms with van der Waals surface area (Å²) in [5.41, 5.74) is -0.434. The standard InChI is InChI=1S/C16H19NO4/c1-9-4-5-12-10(6-9)16(20,14(19)17-12)11-8-21-15(2,3)7-13(11)18/h4-6,11,20H,7-8H2,1-3H3,(H,17,19)/t11-,16-/m1/s1. The van der Waals surface area contributed by atoms with Crippen LogP contribution in [0.25, 0.3) is 0 Å². The molecule has 2 aliphatic rings. The fraction of sp³-hybridized carbons (Fsp3) is 0.500. The molecular formula is C16H19NO4. The largest absolute Gasteiger partial charge is 0.375 e. The molecule has 1 saturated heterocycles. The number of rotatable bonds is 1. The van der Waals surface area contributed by atoms with Crippen molar-refractivity contribution in [1.29, 1.82) is 0 Å². The van der Waals surface area contributed by atoms with E-state index in [0.29, 0.717) is 11.3 Å². The molecule has 0 aromatic heterocycles. The Bertz CT molecular complexity index is 637. The van der Waals surface area contributed by atoms with Gasteiger partial charge in [-0.15, -0.1) is 0 Å². The third kappa shape index (κ3) is 2.08. The van der Waals surface area contributed by atoms with Crippen molar-refractivity contribution in [2.75, 3.05) is 11.9 Å². The van der Waals surface area contributed by atoms with Crippen LogP contribution in [0.2, 0.25) is 0 Å². The summed E-state index contributed by atoms with van der Waals surface area (Å²) >= 11 is 0. The van der Waals surface area contributed by atoms with Gasteiger partial charge in [-0.3, -0.25) is 9.59 Å². The average molecular weight is 289 g/mol. The molecule has 2 atom stereocenters. The number of nitrogens with one attached hydrogen (secondary N) is 1. The molecule has 2 N–H and O–H groups in total. The van der Waals surface area contributed by atoms with Gasteiger partial charge in [0.1, 0.15) is 5.78 Å². The van der Waals surface area contributed by atoms with Crippen LogP contribution in [-0.4, -0.2) is 29.0 Å². The molecule has 1 amide bonds. The van der Waals surface area contributed by atoms with E-state index in [-0.39, 0.29) is 18.8 Å². The van der Waals surface area contributed by atoms with Crippen molar-refractivity contribution >= 4 is 17.4 Å². The van der Waals surface area contributed by atoms with Gasteiger partial charge in [-0.1, -0.05) is 17.7 Å². The summed E-state index contributed by atoms with van der Waals surface area (Å²) in [6.07, 6.45) is 0.189. The second-order valence-corrected chi connectivity index (χ2v) is 6.54. The van der Waals surface area contributed by atoms with Crippen LogP contribution < -0.4 is 5.32 Å². The van der Waals surface area contributed by atoms with Gasteiger partial charge >= 0.3 is 0 Å². The zero-order valence-electron chi connectivity index (χ0n) is 12.4. The number of Topliss-reactive ketones (excluding diaryl/α,β-unsaturated/α-hetero) is 1. The molecule has 3 rings (SSSR count). The van der Waals surface area contributed by atoms with E-state index in [1.165, 1.54) is 0 Å². The number of anilines is 1. The van der Waals surface area contributed by atoms with Crippen molar-refractivity contribution in [2.24, 2.45) is 5.92 Å². The minimum absolute atomic E-state index is 0.0448. The molecule has 1 aromatic carbocycles. The third-order valence-electron chi connectivity index (χ3n) is 4.31. The van der Waals surface area contributed by atoms with Crippen molar-refractivity contribution < 1.29 is 19.4 Å². The molecule has 0 aliphatic carbocycles. The summed E-state index contributed by atoms with van der Waals surface area (Å²) in [5, 5.41) is 13.6. The minimum atomic E-state index is -1.84. The highest BCUT2D eigenvalue weighted by molar-refractivity contribution is 6.08. The summed E-state index contributed by atoms with van der Waals surface area (Å²) in [5.74, 6) is -1.56. The number of aryl methyl sites for hydroxylation is 1. The van der Waals surface area contributed by atoms with E-state index in [9.17, 15) is 14.7 Å². The molecule has 0 spiro atoms. The molecular weight excluding hydrogens is 270 g/mol. The monoisotopic (exact) mass is 289 g/mol. The number of fused-ring (bicyclic) bond motifs is 1. The highest BCUT2D eigenvalue weighted by Gasteiger charge is 2.56. The van der Waals surface area contributed by atoms with Gasteiger partial charge < -0.3 is 15.2 Å². The Kier molecular flexibility index (Phi) is 2.97. The van der Waals surface area contributed by atoms with Crippen LogP contribution in [0, 0.1) is 12.8 Å². The van der Waals surface area contributed by atoms with Gasteiger partial charge in [0.25, 0.3) is 5.91 Å². The summed E-state index contributed by atoms with van der Waals surface area (Å²) in [6, 6.07) is 5.35. The summed E-state index contributed by atoms with van der Waals surface area (Å²) in [4.78, 5) is 24.7. The van der Waals surface area contributed by atoms with E-state index in [1.807, 2.05) is 26.8 Å². The van der Waals surface area contributed by atoms with Crippen LogP contribution in [0.4, 0.5) is 5.69 Å². The lowest BCUT2D eigenvalue weighted by Gasteiger charge is -2.39. The number of amides is 1. The second-order valence-electron chi connectivity index (χ2n) is 6.54. The molecule has 5 nitrogen and oxygen atoms in total. The summed E-state index contributed by atoms with van der Waals surface area (Å²) < 4.78 is 5.66. The average Bonchev–Trinajstić information content (AvgIpc) is 2.62. The molecule has 0 bridgehead atoms. The van der Waals surface area contributed by atoms with Gasteiger partial charge in [0.15, 0.2) is 5.60 Å². The molecule has 0 saturated carbocycles. The number of hydrogen-bond donors (Lipinski definition) is 2. The van der Waals surface area contributed by atoms with E-state index < -0.39 is 23.0 Å². The Labute approximate surface area is 123 Å². The van der Waals surface area contributed by atoms with Crippen LogP contribution in [0.5, 0.6) is 0 Å². The predicted molar refractivity (Wildman–Crippen MR) is 76.9 cm³/mol. The first-order chi connectivity index (χ1) is 9.74. The van der Waals surface area contributed by atoms with Crippen molar-refractivity contribution in [3.05, 3.63) is 29.3 Å². The zero-order chi connectivity index (χ0) is 15.4. The SMILES string of the molecule is Cc1ccc2c(c1)[C@@](O)([C@@H]1COC(C)(C)CC1=O)C(=O)N2. The fourth-order valence-corrected chi connectivity index (χ4v) is 3.12. The number of benzene rings is 1. The Morgan fingerprint density at radius 3 is 2.71 bits per heavy atom. The van der Waals surface area contributed by atoms with Crippen LogP contribution in [0.15, 0.2) is 18.2 Å². The number of carbonyl (C=O) groups is 2. The van der Waals surface area contributed by atoms with E-state index in [2.05, 4.69) is 5.32 Å². The number of hydrogen-bond acceptors (Lipinski definition) is 4. The molecule has 2 heterocycles. The highest BCUT2D eigenvalue weighted by Crippen LogP contribution is 2.44. The lowest BCUT2D eigenvalue weighted by atomic mass is 9.75. The van der Waals surface area contributed by atoms with Crippen LogP contribution in [-0.2, 0) is 19.9 Å². The predicted octanol–water partition coefficient (Wildman–Crippen LogP) is 1.52. The first-order valence-electron chi connectivity index (χ1n) is 7.06. The van der Waals surface area contributed by atoms with Crippen LogP contribution in [0.3, 0.4) is 0 Å². The van der Waals surface area contributed by atoms with Crippen LogP contribution in [0.1, 0.15) is 31.4 Å². The van der Waals surface area contributed by atoms with Gasteiger partial charge in [-0.25, -0.2) is 0 Å². The van der Waals surface area contributed by atoms with E-state index in [4.69, 9.17) is 4.74 Å². The molecule has 21 heavy (non-hydrogen) atoms. The van der Waals surface area contributed by atoms with Crippen molar-refractivity contribution in [2.45, 2.75) is 38.4 Å². The summed E-state index contributed by atoms with van der Waals surface area (Å²) in [7, 11) is 0. The number of carbonyl (C=O) groups excluding carboxylic acids is 2. The van der Waals surface area contributed by atoms with Gasteiger partial charge in [0, 0.05) is 17.7 Å². The van der Waals surface area contributed by atoms with Crippen molar-refractivity contribution in [3.63, 3.8) is 0 Å². The zero-order valence-corrected chi connectivity index (χ0v) is 12.4. The molecule has 1 aromatic rings. The van der Waals surface area contributed by atoms with Gasteiger partial charge in [0.2, 0.25) is 0 Å². The second kappa shape index (κ2) is 4.39. The summed E-state index contributed by atoms with van der Waals surface area (Å²) in [6.45, 7) is 5.59. The minimum Gasteiger partial charge on any atom is -0.375 e. The van der Waals surface area contributed by atoms with Crippen molar-refractivity contribution in [3.8, 4) is 0 Å². The topological polar surface area (TPSA) is 75.6 Å². The molecule has 0 radical (unpaired) electrons. The third-order valence-corrected chi connectivity index (χ3v) is 4.31. The lowest BCUT2D eigenvalue weighted by Crippen LogP contribution is -2.53. The van der Waals surface area contributed by atoms with Gasteiger partial charge in [0.05, 0.1) is 18.1 Å². The number of ketones is 1. The molecule has 5 heteroatoms. The van der Waals surface area contributed by atoms with Gasteiger partial charge in [-0.05, 0) is 26.8 Å². The highest BCUT2D eigenvalue weighted by atomic mass is 16.5. The van der Waals surface area contributed by atoms with Crippen LogP contribution >= 0.6 is 0 Å². The van der Waals surface area contributed by atoms with Crippen molar-refractivity contribution in [1.82, 2.24) is 0 Å². The Balaban J connectivity index is 2.04. The molecule has 2 aliphatic heterocycles. The maximum absolute atomic E-state index is 12.4. The first-order valence-corrected chi connectivity index (χ1v) is 7.06. The Morgan fingerprint density at radius 1 is 1.33 bits per heavy atom. The molecule has 1 fully saturated rings. The number of aliphatic hydroxyl groups is 1. The Morgan fingerprint density at radius 2 is 2.05 bits per heavy atom. The normalized spacial score (nSPS) is 31.0. The first kappa shape index (κ1) is 14.2. The van der Waals surface area contributed by atoms with E-state index in [0.717, 1.165) is 5.56 Å². The van der Waals surface area contributed by atoms with E-state index >= 15 is 0 Å². The van der Waals surface area contributed by atoms with Gasteiger partial charge in [-0.2, -0.15) is 0 Å².